The Morgan fingerprint density at radius 1 is 1.23 bits per heavy atom. The maximum Gasteiger partial charge on any atom is 0.350 e. The Labute approximate surface area is 151 Å². The number of sulfonamides is 1. The first-order valence-electron chi connectivity index (χ1n) is 8.11. The van der Waals surface area contributed by atoms with Crippen LogP contribution >= 0.6 is 0 Å². The van der Waals surface area contributed by atoms with Crippen molar-refractivity contribution in [3.63, 3.8) is 0 Å². The minimum Gasteiger partial charge on any atom is -0.496 e. The smallest absolute Gasteiger partial charge is 0.350 e. The average Bonchev–Trinajstić information content (AvgIpc) is 2.95. The molecule has 2 heterocycles. The van der Waals surface area contributed by atoms with Crippen molar-refractivity contribution in [3.05, 3.63) is 58.6 Å². The highest BCUT2D eigenvalue weighted by atomic mass is 32.2. The second-order valence-corrected chi connectivity index (χ2v) is 7.58. The van der Waals surface area contributed by atoms with Gasteiger partial charge in [0.15, 0.2) is 5.65 Å². The highest BCUT2D eigenvalue weighted by Gasteiger charge is 2.15. The molecule has 0 aliphatic rings. The second-order valence-electron chi connectivity index (χ2n) is 5.82. The van der Waals surface area contributed by atoms with Crippen molar-refractivity contribution in [2.24, 2.45) is 0 Å². The van der Waals surface area contributed by atoms with Gasteiger partial charge in [-0.1, -0.05) is 6.07 Å². The lowest BCUT2D eigenvalue weighted by Gasteiger charge is -2.09. The van der Waals surface area contributed by atoms with Gasteiger partial charge in [0.2, 0.25) is 10.0 Å². The molecule has 0 saturated carbocycles. The van der Waals surface area contributed by atoms with E-state index in [1.165, 1.54) is 22.3 Å². The van der Waals surface area contributed by atoms with Gasteiger partial charge in [-0.3, -0.25) is 4.40 Å². The summed E-state index contributed by atoms with van der Waals surface area (Å²) in [5, 5.41) is 4.21. The van der Waals surface area contributed by atoms with Gasteiger partial charge in [-0.05, 0) is 49.2 Å². The predicted octanol–water partition coefficient (Wildman–Crippen LogP) is 1.18. The molecule has 0 aliphatic heterocycles. The molecule has 3 aromatic rings. The van der Waals surface area contributed by atoms with Crippen LogP contribution in [0.2, 0.25) is 0 Å². The molecule has 8 nitrogen and oxygen atoms in total. The monoisotopic (exact) mass is 376 g/mol. The number of nitrogens with zero attached hydrogens (tertiary/aromatic N) is 3. The molecule has 0 spiro atoms. The van der Waals surface area contributed by atoms with Crippen LogP contribution in [0, 0.1) is 6.92 Å². The predicted molar refractivity (Wildman–Crippen MR) is 97.0 cm³/mol. The number of nitrogens with one attached hydrogen (secondary N) is 1. The van der Waals surface area contributed by atoms with Crippen molar-refractivity contribution in [1.82, 2.24) is 18.9 Å². The third-order valence-corrected chi connectivity index (χ3v) is 5.46. The minimum atomic E-state index is -3.62. The molecule has 26 heavy (non-hydrogen) atoms. The number of aryl methyl sites for hydroxylation is 2. The number of benzene rings is 1. The van der Waals surface area contributed by atoms with Gasteiger partial charge in [0.25, 0.3) is 0 Å². The Bertz CT molecular complexity index is 1090. The van der Waals surface area contributed by atoms with E-state index in [-0.39, 0.29) is 17.1 Å². The quantitative estimate of drug-likeness (QED) is 0.625. The number of methoxy groups -OCH3 is 1. The molecular weight excluding hydrogens is 356 g/mol. The van der Waals surface area contributed by atoms with E-state index in [2.05, 4.69) is 9.82 Å². The molecule has 1 N–H and O–H groups in total. The van der Waals surface area contributed by atoms with E-state index in [1.807, 2.05) is 0 Å². The number of fused-ring (bicyclic) bond motifs is 1. The van der Waals surface area contributed by atoms with Gasteiger partial charge in [-0.2, -0.15) is 0 Å². The molecular formula is C17H20N4O4S. The molecule has 0 saturated heterocycles. The van der Waals surface area contributed by atoms with E-state index in [0.29, 0.717) is 24.4 Å². The van der Waals surface area contributed by atoms with Crippen molar-refractivity contribution in [3.8, 4) is 5.75 Å². The maximum atomic E-state index is 12.4. The fourth-order valence-electron chi connectivity index (χ4n) is 2.65. The van der Waals surface area contributed by atoms with Gasteiger partial charge in [0.1, 0.15) is 5.75 Å². The van der Waals surface area contributed by atoms with E-state index in [1.54, 1.807) is 43.5 Å². The Morgan fingerprint density at radius 3 is 2.73 bits per heavy atom. The molecule has 2 aromatic heterocycles. The highest BCUT2D eigenvalue weighted by molar-refractivity contribution is 7.89. The molecule has 0 bridgehead atoms. The van der Waals surface area contributed by atoms with Crippen LogP contribution in [-0.4, -0.2) is 36.3 Å². The van der Waals surface area contributed by atoms with Gasteiger partial charge in [0.05, 0.1) is 12.0 Å². The molecule has 0 amide bonds. The summed E-state index contributed by atoms with van der Waals surface area (Å²) >= 11 is 0. The summed E-state index contributed by atoms with van der Waals surface area (Å²) in [5.74, 6) is 0.634. The van der Waals surface area contributed by atoms with Crippen LogP contribution in [-0.2, 0) is 16.6 Å². The summed E-state index contributed by atoms with van der Waals surface area (Å²) in [6.45, 7) is 2.31. The van der Waals surface area contributed by atoms with Gasteiger partial charge in [-0.25, -0.2) is 22.6 Å². The number of ether oxygens (including phenoxy) is 1. The van der Waals surface area contributed by atoms with Crippen LogP contribution in [0.3, 0.4) is 0 Å². The Hall–Kier alpha value is -2.65. The van der Waals surface area contributed by atoms with E-state index in [9.17, 15) is 13.2 Å². The SMILES string of the molecule is COc1ccc(S(=O)(=O)NCCCn2nc3ccccn3c2=O)cc1C. The van der Waals surface area contributed by atoms with Gasteiger partial charge in [-0.15, -0.1) is 5.10 Å². The second kappa shape index (κ2) is 7.30. The third kappa shape index (κ3) is 3.63. The van der Waals surface area contributed by atoms with Crippen LogP contribution in [0.1, 0.15) is 12.0 Å². The van der Waals surface area contributed by atoms with Crippen LogP contribution < -0.4 is 15.1 Å². The molecule has 0 aliphatic carbocycles. The van der Waals surface area contributed by atoms with Gasteiger partial charge < -0.3 is 4.74 Å². The lowest BCUT2D eigenvalue weighted by Crippen LogP contribution is -2.27. The first kappa shape index (κ1) is 18.2. The first-order valence-corrected chi connectivity index (χ1v) is 9.59. The molecule has 0 fully saturated rings. The van der Waals surface area contributed by atoms with E-state index < -0.39 is 10.0 Å². The van der Waals surface area contributed by atoms with Crippen LogP contribution in [0.25, 0.3) is 5.65 Å². The average molecular weight is 376 g/mol. The summed E-state index contributed by atoms with van der Waals surface area (Å²) in [4.78, 5) is 12.3. The van der Waals surface area contributed by atoms with E-state index in [0.717, 1.165) is 5.56 Å². The van der Waals surface area contributed by atoms with Gasteiger partial charge >= 0.3 is 5.69 Å². The molecule has 3 rings (SSSR count). The Morgan fingerprint density at radius 2 is 2.04 bits per heavy atom. The lowest BCUT2D eigenvalue weighted by molar-refractivity contribution is 0.411. The normalized spacial score (nSPS) is 11.8. The fourth-order valence-corrected chi connectivity index (χ4v) is 3.81. The minimum absolute atomic E-state index is 0.181. The highest BCUT2D eigenvalue weighted by Crippen LogP contribution is 2.21. The van der Waals surface area contributed by atoms with Crippen molar-refractivity contribution in [2.45, 2.75) is 24.8 Å². The number of hydrogen-bond acceptors (Lipinski definition) is 5. The molecule has 0 unspecified atom stereocenters. The fraction of sp³-hybridized carbons (Fsp3) is 0.294. The molecule has 9 heteroatoms. The van der Waals surface area contributed by atoms with Crippen molar-refractivity contribution >= 4 is 15.7 Å². The third-order valence-electron chi connectivity index (χ3n) is 4.00. The number of pyridine rings is 1. The molecule has 1 aromatic carbocycles. The number of rotatable bonds is 7. The lowest BCUT2D eigenvalue weighted by atomic mass is 10.2. The first-order chi connectivity index (χ1) is 12.4. The maximum absolute atomic E-state index is 12.4. The Kier molecular flexibility index (Phi) is 5.10. The molecule has 138 valence electrons. The summed E-state index contributed by atoms with van der Waals surface area (Å²) < 4.78 is 35.2. The summed E-state index contributed by atoms with van der Waals surface area (Å²) in [6, 6.07) is 9.99. The number of aromatic nitrogens is 3. The van der Waals surface area contributed by atoms with Crippen LogP contribution in [0.15, 0.2) is 52.3 Å². The zero-order chi connectivity index (χ0) is 18.7. The van der Waals surface area contributed by atoms with Crippen molar-refractivity contribution in [2.75, 3.05) is 13.7 Å². The summed E-state index contributed by atoms with van der Waals surface area (Å²) in [7, 11) is -2.08. The zero-order valence-corrected chi connectivity index (χ0v) is 15.4. The summed E-state index contributed by atoms with van der Waals surface area (Å²) in [5.41, 5.74) is 1.06. The summed E-state index contributed by atoms with van der Waals surface area (Å²) in [6.07, 6.45) is 2.09. The van der Waals surface area contributed by atoms with E-state index in [4.69, 9.17) is 4.74 Å². The van der Waals surface area contributed by atoms with Crippen molar-refractivity contribution < 1.29 is 13.2 Å². The standard InChI is InChI=1S/C17H20N4O4S/c1-13-12-14(7-8-15(13)25-2)26(23,24)18-9-5-11-21-17(22)20-10-4-3-6-16(20)19-21/h3-4,6-8,10,12,18H,5,9,11H2,1-2H3. The topological polar surface area (TPSA) is 94.7 Å². The van der Waals surface area contributed by atoms with E-state index >= 15 is 0 Å². The van der Waals surface area contributed by atoms with Crippen LogP contribution in [0.4, 0.5) is 0 Å². The largest absolute Gasteiger partial charge is 0.496 e. The number of hydrogen-bond donors (Lipinski definition) is 1. The van der Waals surface area contributed by atoms with Crippen LogP contribution in [0.5, 0.6) is 5.75 Å². The Balaban J connectivity index is 1.62. The molecule has 0 atom stereocenters. The zero-order valence-electron chi connectivity index (χ0n) is 14.5. The van der Waals surface area contributed by atoms with Gasteiger partial charge in [0, 0.05) is 19.3 Å². The molecule has 0 radical (unpaired) electrons. The van der Waals surface area contributed by atoms with Crippen molar-refractivity contribution in [1.29, 1.82) is 0 Å².